The largest absolute Gasteiger partial charge is 0.497 e. The van der Waals surface area contributed by atoms with E-state index in [1.165, 1.54) is 18.4 Å². The molecule has 4 rings (SSSR count). The third-order valence-electron chi connectivity index (χ3n) is 7.15. The molecule has 2 fully saturated rings. The third kappa shape index (κ3) is 2.33. The number of benzene rings is 1. The summed E-state index contributed by atoms with van der Waals surface area (Å²) in [5, 5.41) is 0. The number of aryl methyl sites for hydroxylation is 1. The van der Waals surface area contributed by atoms with Crippen LogP contribution in [0.3, 0.4) is 0 Å². The summed E-state index contributed by atoms with van der Waals surface area (Å²) < 4.78 is 5.41. The number of carbonyl (C=O) groups is 1. The molecule has 3 aliphatic rings. The minimum atomic E-state index is 0.0132. The average molecular weight is 326 g/mol. The Balaban J connectivity index is 1.67. The molecule has 1 aromatic rings. The molecule has 0 N–H and O–H groups in total. The molecular weight excluding hydrogens is 296 g/mol. The fourth-order valence-corrected chi connectivity index (χ4v) is 6.37. The van der Waals surface area contributed by atoms with Crippen molar-refractivity contribution >= 4 is 5.78 Å². The van der Waals surface area contributed by atoms with E-state index in [4.69, 9.17) is 4.74 Å². The van der Waals surface area contributed by atoms with Crippen LogP contribution in [0.15, 0.2) is 18.2 Å². The minimum absolute atomic E-state index is 0.0132. The zero-order chi connectivity index (χ0) is 16.9. The van der Waals surface area contributed by atoms with Crippen molar-refractivity contribution in [3.05, 3.63) is 29.3 Å². The molecule has 2 nitrogen and oxygen atoms in total. The molecule has 0 saturated heterocycles. The molecule has 0 amide bonds. The standard InChI is InChI=1S/C22H30O2/c1-14(2)13-22-11-10-18-17-7-5-16(24-3)12-15(17)4-6-19(18)20(22)8-9-21(22)23/h5,7,12,14,18-20H,4,6,8-11,13H2,1-3H3/t18-,19-,20+,22-/m1/s1. The monoisotopic (exact) mass is 326 g/mol. The van der Waals surface area contributed by atoms with E-state index in [1.807, 2.05) is 0 Å². The van der Waals surface area contributed by atoms with Crippen molar-refractivity contribution in [2.45, 2.75) is 64.7 Å². The summed E-state index contributed by atoms with van der Waals surface area (Å²) >= 11 is 0. The maximum absolute atomic E-state index is 12.9. The molecule has 4 atom stereocenters. The fraction of sp³-hybridized carbons (Fsp3) is 0.682. The molecule has 2 heteroatoms. The number of hydrogen-bond donors (Lipinski definition) is 0. The van der Waals surface area contributed by atoms with E-state index >= 15 is 0 Å². The molecular formula is C22H30O2. The van der Waals surface area contributed by atoms with Gasteiger partial charge in [-0.3, -0.25) is 4.79 Å². The molecule has 0 unspecified atom stereocenters. The summed E-state index contributed by atoms with van der Waals surface area (Å²) in [6, 6.07) is 6.66. The SMILES string of the molecule is COc1ccc2c(c1)CC[C@@H]1[C@@H]2CC[C@]2(CC(C)C)C(=O)CC[C@@H]12. The Morgan fingerprint density at radius 3 is 2.79 bits per heavy atom. The minimum Gasteiger partial charge on any atom is -0.497 e. The first-order valence-corrected chi connectivity index (χ1v) is 9.75. The molecule has 0 bridgehead atoms. The van der Waals surface area contributed by atoms with Gasteiger partial charge in [0, 0.05) is 11.8 Å². The number of carbonyl (C=O) groups excluding carboxylic acids is 1. The van der Waals surface area contributed by atoms with E-state index in [2.05, 4.69) is 32.0 Å². The van der Waals surface area contributed by atoms with Gasteiger partial charge >= 0.3 is 0 Å². The molecule has 2 saturated carbocycles. The van der Waals surface area contributed by atoms with Gasteiger partial charge in [0.1, 0.15) is 11.5 Å². The molecule has 0 aliphatic heterocycles. The first kappa shape index (κ1) is 16.2. The average Bonchev–Trinajstić information content (AvgIpc) is 2.90. The maximum atomic E-state index is 12.9. The Labute approximate surface area is 146 Å². The quantitative estimate of drug-likeness (QED) is 0.768. The molecule has 3 aliphatic carbocycles. The third-order valence-corrected chi connectivity index (χ3v) is 7.15. The first-order chi connectivity index (χ1) is 11.5. The molecule has 1 aromatic carbocycles. The molecule has 0 aromatic heterocycles. The smallest absolute Gasteiger partial charge is 0.139 e. The predicted molar refractivity (Wildman–Crippen MR) is 96.4 cm³/mol. The lowest BCUT2D eigenvalue weighted by atomic mass is 9.53. The number of Topliss-reactive ketones (excluding diaryl/α,β-unsaturated/α-hetero) is 1. The second-order valence-electron chi connectivity index (χ2n) is 8.73. The van der Waals surface area contributed by atoms with Crippen LogP contribution in [-0.2, 0) is 11.2 Å². The number of rotatable bonds is 3. The topological polar surface area (TPSA) is 26.3 Å². The summed E-state index contributed by atoms with van der Waals surface area (Å²) in [7, 11) is 1.75. The van der Waals surface area contributed by atoms with E-state index in [-0.39, 0.29) is 5.41 Å². The van der Waals surface area contributed by atoms with Crippen molar-refractivity contribution in [2.24, 2.45) is 23.2 Å². The second-order valence-corrected chi connectivity index (χ2v) is 8.73. The number of ether oxygens (including phenoxy) is 1. The highest BCUT2D eigenvalue weighted by atomic mass is 16.5. The van der Waals surface area contributed by atoms with Gasteiger partial charge in [-0.2, -0.15) is 0 Å². The normalized spacial score (nSPS) is 34.7. The van der Waals surface area contributed by atoms with E-state index in [0.717, 1.165) is 37.9 Å². The number of hydrogen-bond acceptors (Lipinski definition) is 2. The predicted octanol–water partition coefficient (Wildman–Crippen LogP) is 5.15. The zero-order valence-corrected chi connectivity index (χ0v) is 15.3. The molecule has 24 heavy (non-hydrogen) atoms. The van der Waals surface area contributed by atoms with E-state index < -0.39 is 0 Å². The Kier molecular flexibility index (Phi) is 3.97. The summed E-state index contributed by atoms with van der Waals surface area (Å²) in [6.07, 6.45) is 7.78. The van der Waals surface area contributed by atoms with Crippen molar-refractivity contribution in [3.8, 4) is 5.75 Å². The van der Waals surface area contributed by atoms with Gasteiger partial charge in [0.25, 0.3) is 0 Å². The van der Waals surface area contributed by atoms with Gasteiger partial charge in [0.2, 0.25) is 0 Å². The summed E-state index contributed by atoms with van der Waals surface area (Å²) in [5.41, 5.74) is 3.04. The van der Waals surface area contributed by atoms with Crippen molar-refractivity contribution in [3.63, 3.8) is 0 Å². The van der Waals surface area contributed by atoms with E-state index in [0.29, 0.717) is 29.5 Å². The Bertz CT molecular complexity index is 647. The van der Waals surface area contributed by atoms with Crippen LogP contribution in [0.2, 0.25) is 0 Å². The zero-order valence-electron chi connectivity index (χ0n) is 15.3. The highest BCUT2D eigenvalue weighted by Gasteiger charge is 2.56. The van der Waals surface area contributed by atoms with Crippen LogP contribution < -0.4 is 4.74 Å². The van der Waals surface area contributed by atoms with Gasteiger partial charge in [-0.25, -0.2) is 0 Å². The highest BCUT2D eigenvalue weighted by Crippen LogP contribution is 2.61. The highest BCUT2D eigenvalue weighted by molar-refractivity contribution is 5.87. The lowest BCUT2D eigenvalue weighted by Crippen LogP contribution is -2.45. The van der Waals surface area contributed by atoms with E-state index in [1.54, 1.807) is 12.7 Å². The van der Waals surface area contributed by atoms with Gasteiger partial charge in [0.15, 0.2) is 0 Å². The van der Waals surface area contributed by atoms with Crippen LogP contribution in [0.25, 0.3) is 0 Å². The second kappa shape index (κ2) is 5.89. The van der Waals surface area contributed by atoms with Crippen LogP contribution in [0.1, 0.15) is 69.4 Å². The molecule has 0 radical (unpaired) electrons. The lowest BCUT2D eigenvalue weighted by molar-refractivity contribution is -0.132. The van der Waals surface area contributed by atoms with Crippen molar-refractivity contribution < 1.29 is 9.53 Å². The number of ketones is 1. The molecule has 0 heterocycles. The molecule has 0 spiro atoms. The van der Waals surface area contributed by atoms with Gasteiger partial charge in [0.05, 0.1) is 7.11 Å². The van der Waals surface area contributed by atoms with Crippen LogP contribution in [0.4, 0.5) is 0 Å². The Morgan fingerprint density at radius 2 is 2.04 bits per heavy atom. The lowest BCUT2D eigenvalue weighted by Gasteiger charge is -2.50. The van der Waals surface area contributed by atoms with Gasteiger partial charge in [-0.15, -0.1) is 0 Å². The van der Waals surface area contributed by atoms with Crippen LogP contribution >= 0.6 is 0 Å². The number of methoxy groups -OCH3 is 1. The summed E-state index contributed by atoms with van der Waals surface area (Å²) in [4.78, 5) is 12.9. The van der Waals surface area contributed by atoms with Crippen molar-refractivity contribution in [2.75, 3.05) is 7.11 Å². The van der Waals surface area contributed by atoms with Gasteiger partial charge < -0.3 is 4.74 Å². The van der Waals surface area contributed by atoms with Gasteiger partial charge in [-0.05, 0) is 85.5 Å². The van der Waals surface area contributed by atoms with Gasteiger partial charge in [-0.1, -0.05) is 19.9 Å². The van der Waals surface area contributed by atoms with Crippen LogP contribution in [-0.4, -0.2) is 12.9 Å². The Morgan fingerprint density at radius 1 is 1.21 bits per heavy atom. The number of fused-ring (bicyclic) bond motifs is 5. The van der Waals surface area contributed by atoms with Crippen LogP contribution in [0, 0.1) is 23.2 Å². The fourth-order valence-electron chi connectivity index (χ4n) is 6.37. The first-order valence-electron chi connectivity index (χ1n) is 9.75. The van der Waals surface area contributed by atoms with Crippen LogP contribution in [0.5, 0.6) is 5.75 Å². The van der Waals surface area contributed by atoms with Crippen molar-refractivity contribution in [1.82, 2.24) is 0 Å². The van der Waals surface area contributed by atoms with E-state index in [9.17, 15) is 4.79 Å². The maximum Gasteiger partial charge on any atom is 0.139 e. The Hall–Kier alpha value is -1.31. The van der Waals surface area contributed by atoms with Crippen molar-refractivity contribution in [1.29, 1.82) is 0 Å². The summed E-state index contributed by atoms with van der Waals surface area (Å²) in [6.45, 7) is 4.57. The summed E-state index contributed by atoms with van der Waals surface area (Å²) in [5.74, 6) is 4.18. The molecule has 130 valence electrons.